The Balaban J connectivity index is 4.56. The fraction of sp³-hybridized carbons (Fsp3) is 0.714. The molecular weight excluding hydrogens is 184 g/mol. The molecule has 1 N–H and O–H groups in total. The number of aliphatic hydroxyl groups is 1. The molecule has 0 bridgehead atoms. The molecule has 0 aromatic heterocycles. The zero-order valence-electron chi connectivity index (χ0n) is 10.7. The lowest BCUT2D eigenvalue weighted by Crippen LogP contribution is -2.05. The Kier molecular flexibility index (Phi) is 8.40. The summed E-state index contributed by atoms with van der Waals surface area (Å²) in [6.45, 7) is 8.36. The second-order valence-corrected chi connectivity index (χ2v) is 4.04. The van der Waals surface area contributed by atoms with Gasteiger partial charge >= 0.3 is 0 Å². The summed E-state index contributed by atoms with van der Waals surface area (Å²) in [6, 6.07) is 0. The maximum atomic E-state index is 9.66. The fourth-order valence-corrected chi connectivity index (χ4v) is 1.59. The van der Waals surface area contributed by atoms with E-state index in [1.54, 1.807) is 0 Å². The standard InChI is InChI=1S/C14H26O/c1-5-8-10-14(12(4)15)11-13(7-3)9-6-2/h9,11-12,15H,5-8,10H2,1-4H3/b13-9-,14-11-. The second-order valence-electron chi connectivity index (χ2n) is 4.04. The molecule has 0 aromatic carbocycles. The Bertz CT molecular complexity index is 211. The van der Waals surface area contributed by atoms with Crippen molar-refractivity contribution in [1.82, 2.24) is 0 Å². The van der Waals surface area contributed by atoms with Crippen LogP contribution in [-0.4, -0.2) is 11.2 Å². The van der Waals surface area contributed by atoms with Crippen LogP contribution in [-0.2, 0) is 0 Å². The van der Waals surface area contributed by atoms with Crippen LogP contribution >= 0.6 is 0 Å². The summed E-state index contributed by atoms with van der Waals surface area (Å²) in [4.78, 5) is 0. The van der Waals surface area contributed by atoms with Crippen molar-refractivity contribution in [2.75, 3.05) is 0 Å². The van der Waals surface area contributed by atoms with Crippen LogP contribution in [0.15, 0.2) is 23.3 Å². The Morgan fingerprint density at radius 2 is 1.93 bits per heavy atom. The van der Waals surface area contributed by atoms with Crippen molar-refractivity contribution in [2.45, 2.75) is 65.9 Å². The predicted octanol–water partition coefficient (Wildman–Crippen LogP) is 4.23. The zero-order chi connectivity index (χ0) is 11.7. The molecule has 15 heavy (non-hydrogen) atoms. The van der Waals surface area contributed by atoms with Gasteiger partial charge in [-0.1, -0.05) is 44.9 Å². The van der Waals surface area contributed by atoms with E-state index in [2.05, 4.69) is 32.9 Å². The minimum absolute atomic E-state index is 0.302. The zero-order valence-corrected chi connectivity index (χ0v) is 10.7. The molecule has 0 aliphatic carbocycles. The van der Waals surface area contributed by atoms with Crippen LogP contribution in [0.2, 0.25) is 0 Å². The van der Waals surface area contributed by atoms with Gasteiger partial charge in [-0.15, -0.1) is 0 Å². The molecule has 0 saturated heterocycles. The van der Waals surface area contributed by atoms with Crippen molar-refractivity contribution in [1.29, 1.82) is 0 Å². The van der Waals surface area contributed by atoms with Gasteiger partial charge < -0.3 is 5.11 Å². The van der Waals surface area contributed by atoms with E-state index in [0.717, 1.165) is 19.3 Å². The molecule has 88 valence electrons. The minimum Gasteiger partial charge on any atom is -0.389 e. The van der Waals surface area contributed by atoms with E-state index < -0.39 is 0 Å². The molecular formula is C14H26O. The number of unbranched alkanes of at least 4 members (excludes halogenated alkanes) is 1. The van der Waals surface area contributed by atoms with E-state index in [4.69, 9.17) is 0 Å². The van der Waals surface area contributed by atoms with E-state index in [1.165, 1.54) is 24.0 Å². The van der Waals surface area contributed by atoms with Crippen molar-refractivity contribution < 1.29 is 5.11 Å². The van der Waals surface area contributed by atoms with Gasteiger partial charge in [0.15, 0.2) is 0 Å². The average molecular weight is 210 g/mol. The van der Waals surface area contributed by atoms with Crippen LogP contribution in [0.5, 0.6) is 0 Å². The number of allylic oxidation sites excluding steroid dienone is 3. The Labute approximate surface area is 94.9 Å². The van der Waals surface area contributed by atoms with Gasteiger partial charge in [0.1, 0.15) is 0 Å². The van der Waals surface area contributed by atoms with Gasteiger partial charge in [-0.05, 0) is 38.2 Å². The molecule has 0 radical (unpaired) electrons. The van der Waals surface area contributed by atoms with Gasteiger partial charge in [0.2, 0.25) is 0 Å². The highest BCUT2D eigenvalue weighted by molar-refractivity contribution is 5.25. The maximum absolute atomic E-state index is 9.66. The van der Waals surface area contributed by atoms with Crippen LogP contribution in [0, 0.1) is 0 Å². The third-order valence-corrected chi connectivity index (χ3v) is 2.60. The molecule has 0 rings (SSSR count). The highest BCUT2D eigenvalue weighted by Crippen LogP contribution is 2.16. The maximum Gasteiger partial charge on any atom is 0.0725 e. The third kappa shape index (κ3) is 6.51. The first-order valence-corrected chi connectivity index (χ1v) is 6.23. The summed E-state index contributed by atoms with van der Waals surface area (Å²) in [5.74, 6) is 0. The molecule has 1 nitrogen and oxygen atoms in total. The average Bonchev–Trinajstić information content (AvgIpc) is 2.22. The largest absolute Gasteiger partial charge is 0.389 e. The molecule has 0 fully saturated rings. The van der Waals surface area contributed by atoms with Gasteiger partial charge in [0, 0.05) is 0 Å². The first-order chi connectivity index (χ1) is 7.15. The van der Waals surface area contributed by atoms with Gasteiger partial charge in [-0.25, -0.2) is 0 Å². The summed E-state index contributed by atoms with van der Waals surface area (Å²) in [5, 5.41) is 9.66. The third-order valence-electron chi connectivity index (χ3n) is 2.60. The molecule has 0 spiro atoms. The summed E-state index contributed by atoms with van der Waals surface area (Å²) in [5.41, 5.74) is 2.53. The SMILES string of the molecule is CC/C=C(\C=C(\CCCC)C(C)O)CC. The van der Waals surface area contributed by atoms with E-state index in [-0.39, 0.29) is 6.10 Å². The highest BCUT2D eigenvalue weighted by atomic mass is 16.3. The molecule has 0 aliphatic heterocycles. The van der Waals surface area contributed by atoms with Crippen molar-refractivity contribution in [3.8, 4) is 0 Å². The molecule has 0 heterocycles. The first kappa shape index (κ1) is 14.4. The topological polar surface area (TPSA) is 20.2 Å². The number of aliphatic hydroxyl groups excluding tert-OH is 1. The Hall–Kier alpha value is -0.560. The van der Waals surface area contributed by atoms with Crippen LogP contribution in [0.25, 0.3) is 0 Å². The molecule has 0 aliphatic rings. The first-order valence-electron chi connectivity index (χ1n) is 6.23. The van der Waals surface area contributed by atoms with Gasteiger partial charge in [-0.2, -0.15) is 0 Å². The molecule has 1 unspecified atom stereocenters. The molecule has 0 saturated carbocycles. The van der Waals surface area contributed by atoms with Gasteiger partial charge in [0.05, 0.1) is 6.10 Å². The second kappa shape index (κ2) is 8.72. The minimum atomic E-state index is -0.302. The lowest BCUT2D eigenvalue weighted by atomic mass is 10.00. The molecule has 1 heteroatoms. The quantitative estimate of drug-likeness (QED) is 0.623. The van der Waals surface area contributed by atoms with Crippen molar-refractivity contribution in [2.24, 2.45) is 0 Å². The summed E-state index contributed by atoms with van der Waals surface area (Å²) >= 11 is 0. The van der Waals surface area contributed by atoms with Crippen molar-refractivity contribution >= 4 is 0 Å². The monoisotopic (exact) mass is 210 g/mol. The normalized spacial score (nSPS) is 15.5. The van der Waals surface area contributed by atoms with E-state index in [0.29, 0.717) is 0 Å². The smallest absolute Gasteiger partial charge is 0.0725 e. The van der Waals surface area contributed by atoms with Crippen molar-refractivity contribution in [3.05, 3.63) is 23.3 Å². The summed E-state index contributed by atoms with van der Waals surface area (Å²) < 4.78 is 0. The fourth-order valence-electron chi connectivity index (χ4n) is 1.59. The predicted molar refractivity (Wildman–Crippen MR) is 68.0 cm³/mol. The lowest BCUT2D eigenvalue weighted by molar-refractivity contribution is 0.226. The summed E-state index contributed by atoms with van der Waals surface area (Å²) in [7, 11) is 0. The van der Waals surface area contributed by atoms with Crippen LogP contribution in [0.4, 0.5) is 0 Å². The molecule has 0 aromatic rings. The van der Waals surface area contributed by atoms with Crippen molar-refractivity contribution in [3.63, 3.8) is 0 Å². The van der Waals surface area contributed by atoms with E-state index >= 15 is 0 Å². The van der Waals surface area contributed by atoms with Crippen LogP contribution in [0.3, 0.4) is 0 Å². The highest BCUT2D eigenvalue weighted by Gasteiger charge is 2.04. The number of hydrogen-bond acceptors (Lipinski definition) is 1. The number of rotatable bonds is 7. The van der Waals surface area contributed by atoms with Gasteiger partial charge in [-0.3, -0.25) is 0 Å². The van der Waals surface area contributed by atoms with Crippen LogP contribution in [0.1, 0.15) is 59.8 Å². The Morgan fingerprint density at radius 1 is 1.27 bits per heavy atom. The summed E-state index contributed by atoms with van der Waals surface area (Å²) in [6.07, 6.45) is 9.62. The van der Waals surface area contributed by atoms with E-state index in [9.17, 15) is 5.11 Å². The molecule has 1 atom stereocenters. The van der Waals surface area contributed by atoms with Crippen LogP contribution < -0.4 is 0 Å². The van der Waals surface area contributed by atoms with Gasteiger partial charge in [0.25, 0.3) is 0 Å². The van der Waals surface area contributed by atoms with E-state index in [1.807, 2.05) is 6.92 Å². The number of hydrogen-bond donors (Lipinski definition) is 1. The lowest BCUT2D eigenvalue weighted by Gasteiger charge is -2.11. The molecule has 0 amide bonds. The Morgan fingerprint density at radius 3 is 2.33 bits per heavy atom.